The highest BCUT2D eigenvalue weighted by Gasteiger charge is 2.02. The van der Waals surface area contributed by atoms with Gasteiger partial charge in [-0.05, 0) is 24.6 Å². The first kappa shape index (κ1) is 14.2. The molecular formula is C16H15N3S. The molecule has 0 aliphatic carbocycles. The number of aryl methyl sites for hydroxylation is 1. The van der Waals surface area contributed by atoms with Crippen LogP contribution in [0.2, 0.25) is 0 Å². The fraction of sp³-hybridized carbons (Fsp3) is 0.125. The van der Waals surface area contributed by atoms with Gasteiger partial charge in [-0.3, -0.25) is 5.32 Å². The van der Waals surface area contributed by atoms with Gasteiger partial charge >= 0.3 is 0 Å². The van der Waals surface area contributed by atoms with Crippen LogP contribution in [0.3, 0.4) is 0 Å². The van der Waals surface area contributed by atoms with Crippen molar-refractivity contribution in [2.45, 2.75) is 12.7 Å². The Kier molecular flexibility index (Phi) is 5.22. The smallest absolute Gasteiger partial charge is 0.183 e. The number of benzene rings is 2. The molecule has 0 fully saturated rings. The number of hydrogen-bond acceptors (Lipinski definition) is 3. The van der Waals surface area contributed by atoms with Gasteiger partial charge in [-0.25, -0.2) is 4.99 Å². The summed E-state index contributed by atoms with van der Waals surface area (Å²) in [6, 6.07) is 17.9. The van der Waals surface area contributed by atoms with Gasteiger partial charge in [0.05, 0.1) is 5.69 Å². The molecular weight excluding hydrogens is 266 g/mol. The zero-order valence-corrected chi connectivity index (χ0v) is 12.0. The number of para-hydroxylation sites is 1. The molecule has 0 atom stereocenters. The molecule has 0 saturated carbocycles. The Balaban J connectivity index is 2.07. The van der Waals surface area contributed by atoms with Crippen molar-refractivity contribution in [3.63, 3.8) is 0 Å². The number of aliphatic imine (C=N–C) groups is 1. The van der Waals surface area contributed by atoms with Crippen LogP contribution in [-0.4, -0.2) is 5.17 Å². The summed E-state index contributed by atoms with van der Waals surface area (Å²) in [5.41, 5.74) is 3.29. The molecule has 0 unspecified atom stereocenters. The highest BCUT2D eigenvalue weighted by Crippen LogP contribution is 2.18. The summed E-state index contributed by atoms with van der Waals surface area (Å²) in [5.74, 6) is 0.780. The Morgan fingerprint density at radius 3 is 2.70 bits per heavy atom. The Bertz CT molecular complexity index is 630. The zero-order chi connectivity index (χ0) is 14.2. The topological polar surface area (TPSA) is 48.2 Å². The quantitative estimate of drug-likeness (QED) is 0.400. The molecule has 0 radical (unpaired) electrons. The largest absolute Gasteiger partial charge is 0.271 e. The zero-order valence-electron chi connectivity index (χ0n) is 11.2. The van der Waals surface area contributed by atoms with Gasteiger partial charge in [0.1, 0.15) is 0 Å². The van der Waals surface area contributed by atoms with Gasteiger partial charge in [0, 0.05) is 5.75 Å². The molecule has 1 N–H and O–H groups in total. The lowest BCUT2D eigenvalue weighted by Crippen LogP contribution is -2.13. The minimum absolute atomic E-state index is 0.611. The molecule has 0 spiro atoms. The molecule has 0 heterocycles. The van der Waals surface area contributed by atoms with Crippen LogP contribution in [0.15, 0.2) is 59.6 Å². The summed E-state index contributed by atoms with van der Waals surface area (Å²) < 4.78 is 0. The van der Waals surface area contributed by atoms with Crippen LogP contribution >= 0.6 is 11.8 Å². The monoisotopic (exact) mass is 281 g/mol. The molecule has 2 aromatic rings. The van der Waals surface area contributed by atoms with E-state index in [0.29, 0.717) is 5.17 Å². The third-order valence-electron chi connectivity index (χ3n) is 2.61. The molecule has 20 heavy (non-hydrogen) atoms. The van der Waals surface area contributed by atoms with E-state index >= 15 is 0 Å². The predicted molar refractivity (Wildman–Crippen MR) is 84.8 cm³/mol. The van der Waals surface area contributed by atoms with Gasteiger partial charge in [-0.15, -0.1) is 0 Å². The van der Waals surface area contributed by atoms with Crippen LogP contribution in [0.4, 0.5) is 5.69 Å². The maximum Gasteiger partial charge on any atom is 0.183 e. The summed E-state index contributed by atoms with van der Waals surface area (Å²) in [6.07, 6.45) is 1.93. The Hall–Kier alpha value is -2.25. The summed E-state index contributed by atoms with van der Waals surface area (Å²) in [6.45, 7) is 2.07. The van der Waals surface area contributed by atoms with Crippen molar-refractivity contribution in [1.82, 2.24) is 5.32 Å². The molecule has 3 nitrogen and oxygen atoms in total. The maximum absolute atomic E-state index is 8.80. The highest BCUT2D eigenvalue weighted by molar-refractivity contribution is 8.13. The number of nitrogens with zero attached hydrogens (tertiary/aromatic N) is 2. The van der Waals surface area contributed by atoms with Crippen molar-refractivity contribution < 1.29 is 0 Å². The fourth-order valence-electron chi connectivity index (χ4n) is 1.72. The third-order valence-corrected chi connectivity index (χ3v) is 3.55. The lowest BCUT2D eigenvalue weighted by Gasteiger charge is -2.05. The Morgan fingerprint density at radius 1 is 1.20 bits per heavy atom. The average Bonchev–Trinajstić information content (AvgIpc) is 2.46. The molecule has 4 heteroatoms. The van der Waals surface area contributed by atoms with E-state index in [0.717, 1.165) is 11.4 Å². The Labute approximate surface area is 123 Å². The molecule has 0 aromatic heterocycles. The normalized spacial score (nSPS) is 10.9. The van der Waals surface area contributed by atoms with E-state index in [9.17, 15) is 0 Å². The van der Waals surface area contributed by atoms with Crippen LogP contribution < -0.4 is 5.32 Å². The summed E-state index contributed by atoms with van der Waals surface area (Å²) in [4.78, 5) is 4.43. The predicted octanol–water partition coefficient (Wildman–Crippen LogP) is 3.99. The van der Waals surface area contributed by atoms with Crippen molar-refractivity contribution in [2.75, 3.05) is 0 Å². The van der Waals surface area contributed by atoms with E-state index in [-0.39, 0.29) is 0 Å². The van der Waals surface area contributed by atoms with Gasteiger partial charge in [0.15, 0.2) is 11.4 Å². The maximum atomic E-state index is 8.80. The first-order valence-corrected chi connectivity index (χ1v) is 7.23. The minimum atomic E-state index is 0.611. The first-order valence-electron chi connectivity index (χ1n) is 6.25. The van der Waals surface area contributed by atoms with Gasteiger partial charge < -0.3 is 0 Å². The third kappa shape index (κ3) is 4.45. The van der Waals surface area contributed by atoms with Crippen molar-refractivity contribution in [3.05, 3.63) is 65.7 Å². The van der Waals surface area contributed by atoms with Gasteiger partial charge in [0.25, 0.3) is 0 Å². The molecule has 0 aliphatic heterocycles. The molecule has 2 aromatic carbocycles. The van der Waals surface area contributed by atoms with Crippen molar-refractivity contribution in [3.8, 4) is 6.19 Å². The second kappa shape index (κ2) is 7.37. The molecule has 0 amide bonds. The summed E-state index contributed by atoms with van der Waals surface area (Å²) in [5, 5.41) is 12.0. The molecule has 0 aliphatic rings. The van der Waals surface area contributed by atoms with Crippen molar-refractivity contribution in [2.24, 2.45) is 4.99 Å². The second-order valence-electron chi connectivity index (χ2n) is 4.27. The SMILES string of the molecule is Cc1cccc(CSC(=Nc2ccccc2)NC#N)c1. The first-order chi connectivity index (χ1) is 9.78. The summed E-state index contributed by atoms with van der Waals surface area (Å²) in [7, 11) is 0. The molecule has 0 saturated heterocycles. The van der Waals surface area contributed by atoms with Crippen molar-refractivity contribution in [1.29, 1.82) is 5.26 Å². The van der Waals surface area contributed by atoms with E-state index in [1.807, 2.05) is 42.6 Å². The van der Waals surface area contributed by atoms with Crippen LogP contribution in [-0.2, 0) is 5.75 Å². The van der Waals surface area contributed by atoms with Crippen LogP contribution in [0.25, 0.3) is 0 Å². The number of amidine groups is 1. The summed E-state index contributed by atoms with van der Waals surface area (Å²) >= 11 is 1.52. The minimum Gasteiger partial charge on any atom is -0.271 e. The van der Waals surface area contributed by atoms with E-state index in [1.165, 1.54) is 22.9 Å². The standard InChI is InChI=1S/C16H15N3S/c1-13-6-5-7-14(10-13)11-20-16(18-12-17)19-15-8-3-2-4-9-15/h2-10H,11H2,1H3,(H,18,19). The van der Waals surface area contributed by atoms with Gasteiger partial charge in [-0.1, -0.05) is 59.8 Å². The number of nitriles is 1. The van der Waals surface area contributed by atoms with Crippen molar-refractivity contribution >= 4 is 22.6 Å². The number of hydrogen-bond donors (Lipinski definition) is 1. The second-order valence-corrected chi connectivity index (χ2v) is 5.23. The van der Waals surface area contributed by atoms with E-state index in [2.05, 4.69) is 35.4 Å². The van der Waals surface area contributed by atoms with E-state index in [4.69, 9.17) is 5.26 Å². The fourth-order valence-corrected chi connectivity index (χ4v) is 2.49. The molecule has 100 valence electrons. The van der Waals surface area contributed by atoms with E-state index < -0.39 is 0 Å². The molecule has 0 bridgehead atoms. The van der Waals surface area contributed by atoms with Crippen LogP contribution in [0.1, 0.15) is 11.1 Å². The lowest BCUT2D eigenvalue weighted by molar-refractivity contribution is 1.27. The number of nitrogens with one attached hydrogen (secondary N) is 1. The van der Waals surface area contributed by atoms with Gasteiger partial charge in [0.2, 0.25) is 0 Å². The lowest BCUT2D eigenvalue weighted by atomic mass is 10.2. The number of rotatable bonds is 3. The van der Waals surface area contributed by atoms with Gasteiger partial charge in [-0.2, -0.15) is 5.26 Å². The Morgan fingerprint density at radius 2 is 2.00 bits per heavy atom. The van der Waals surface area contributed by atoms with E-state index in [1.54, 1.807) is 0 Å². The highest BCUT2D eigenvalue weighted by atomic mass is 32.2. The molecule has 2 rings (SSSR count). The van der Waals surface area contributed by atoms with Crippen LogP contribution in [0.5, 0.6) is 0 Å². The van der Waals surface area contributed by atoms with Crippen LogP contribution in [0, 0.1) is 18.4 Å². The number of thioether (sulfide) groups is 1. The average molecular weight is 281 g/mol.